The molecule has 1 saturated carbocycles. The molecule has 0 N–H and O–H groups in total. The minimum Gasteiger partial charge on any atom is -0.282 e. The number of unbranched alkanes of at least 4 members (excludes halogenated alkanes) is 1. The quantitative estimate of drug-likeness (QED) is 0.444. The molecule has 1 aliphatic heterocycles. The van der Waals surface area contributed by atoms with Gasteiger partial charge in [-0.1, -0.05) is 51.0 Å². The van der Waals surface area contributed by atoms with Gasteiger partial charge >= 0.3 is 0 Å². The average molecular weight is 299 g/mol. The molecule has 5 aliphatic rings. The molecular formula is C19H25NO2. The van der Waals surface area contributed by atoms with E-state index in [0.717, 1.165) is 12.8 Å². The van der Waals surface area contributed by atoms with E-state index in [1.54, 1.807) is 4.90 Å². The van der Waals surface area contributed by atoms with Gasteiger partial charge in [-0.15, -0.1) is 0 Å². The summed E-state index contributed by atoms with van der Waals surface area (Å²) in [6.07, 6.45) is 12.1. The van der Waals surface area contributed by atoms with E-state index in [2.05, 4.69) is 38.2 Å². The van der Waals surface area contributed by atoms with Gasteiger partial charge < -0.3 is 0 Å². The van der Waals surface area contributed by atoms with Gasteiger partial charge in [0.15, 0.2) is 0 Å². The Kier molecular flexibility index (Phi) is 3.28. The van der Waals surface area contributed by atoms with E-state index >= 15 is 0 Å². The molecule has 0 aromatic carbocycles. The Hall–Kier alpha value is -1.38. The van der Waals surface area contributed by atoms with Crippen molar-refractivity contribution in [3.63, 3.8) is 0 Å². The van der Waals surface area contributed by atoms with Gasteiger partial charge in [0.2, 0.25) is 11.8 Å². The maximum atomic E-state index is 12.8. The third-order valence-corrected chi connectivity index (χ3v) is 6.18. The van der Waals surface area contributed by atoms with Crippen LogP contribution in [0.3, 0.4) is 0 Å². The summed E-state index contributed by atoms with van der Waals surface area (Å²) >= 11 is 0. The van der Waals surface area contributed by atoms with Crippen LogP contribution in [0.5, 0.6) is 0 Å². The maximum Gasteiger partial charge on any atom is 0.233 e. The van der Waals surface area contributed by atoms with Gasteiger partial charge in [-0.05, 0) is 36.0 Å². The fraction of sp³-hybridized carbons (Fsp3) is 0.684. The fourth-order valence-corrected chi connectivity index (χ4v) is 5.00. The first-order valence-electron chi connectivity index (χ1n) is 8.81. The molecule has 0 aromatic rings. The summed E-state index contributed by atoms with van der Waals surface area (Å²) in [6.45, 7) is 5.05. The third kappa shape index (κ3) is 1.87. The standard InChI is InChI=1S/C19H25NO2/c1-11(2)5-3-4-10-20-18(21)16-14-8-9-15(17(16)19(20)22)13-7-6-12(13)14/h6-9,11-17H,3-5,10H2,1-2H3. The predicted octanol–water partition coefficient (Wildman–Crippen LogP) is 3.03. The first kappa shape index (κ1) is 14.2. The lowest BCUT2D eigenvalue weighted by molar-refractivity contribution is -0.140. The highest BCUT2D eigenvalue weighted by Gasteiger charge is 2.62. The minimum absolute atomic E-state index is 0.0706. The third-order valence-electron chi connectivity index (χ3n) is 6.18. The number of imide groups is 1. The van der Waals surface area contributed by atoms with E-state index in [0.29, 0.717) is 24.3 Å². The zero-order valence-corrected chi connectivity index (χ0v) is 13.4. The zero-order valence-electron chi connectivity index (χ0n) is 13.4. The van der Waals surface area contributed by atoms with Gasteiger partial charge in [0.05, 0.1) is 11.8 Å². The van der Waals surface area contributed by atoms with Gasteiger partial charge in [-0.25, -0.2) is 0 Å². The van der Waals surface area contributed by atoms with Crippen LogP contribution in [-0.2, 0) is 9.59 Å². The molecule has 2 fully saturated rings. The van der Waals surface area contributed by atoms with Gasteiger partial charge in [0.1, 0.15) is 0 Å². The van der Waals surface area contributed by atoms with Crippen LogP contribution in [0, 0.1) is 41.4 Å². The number of hydrogen-bond donors (Lipinski definition) is 0. The monoisotopic (exact) mass is 299 g/mol. The molecule has 0 spiro atoms. The minimum atomic E-state index is -0.0706. The highest BCUT2D eigenvalue weighted by atomic mass is 16.2. The molecule has 3 heteroatoms. The molecule has 1 saturated heterocycles. The Morgan fingerprint density at radius 1 is 0.864 bits per heavy atom. The van der Waals surface area contributed by atoms with Crippen molar-refractivity contribution in [2.75, 3.05) is 6.54 Å². The van der Waals surface area contributed by atoms with Gasteiger partial charge in [-0.3, -0.25) is 14.5 Å². The first-order chi connectivity index (χ1) is 10.6. The lowest BCUT2D eigenvalue weighted by Gasteiger charge is -2.51. The van der Waals surface area contributed by atoms with Gasteiger partial charge in [0, 0.05) is 6.54 Å². The van der Waals surface area contributed by atoms with Gasteiger partial charge in [0.25, 0.3) is 0 Å². The summed E-state index contributed by atoms with van der Waals surface area (Å²) in [7, 11) is 0. The number of rotatable bonds is 5. The Bertz CT molecular complexity index is 522. The molecule has 1 heterocycles. The zero-order chi connectivity index (χ0) is 15.4. The largest absolute Gasteiger partial charge is 0.282 e. The van der Waals surface area contributed by atoms with Crippen LogP contribution in [0.1, 0.15) is 33.1 Å². The lowest BCUT2D eigenvalue weighted by Crippen LogP contribution is -2.50. The topological polar surface area (TPSA) is 37.4 Å². The second kappa shape index (κ2) is 5.07. The normalized spacial score (nSPS) is 41.1. The van der Waals surface area contributed by atoms with E-state index < -0.39 is 0 Å². The van der Waals surface area contributed by atoms with Crippen LogP contribution in [0.15, 0.2) is 24.3 Å². The van der Waals surface area contributed by atoms with Crippen LogP contribution in [0.2, 0.25) is 0 Å². The molecule has 3 nitrogen and oxygen atoms in total. The molecule has 2 amide bonds. The van der Waals surface area contributed by atoms with Crippen molar-refractivity contribution < 1.29 is 9.59 Å². The van der Waals surface area contributed by atoms with E-state index in [-0.39, 0.29) is 35.5 Å². The summed E-state index contributed by atoms with van der Waals surface area (Å²) in [5.41, 5.74) is 0. The maximum absolute atomic E-state index is 12.8. The molecule has 22 heavy (non-hydrogen) atoms. The van der Waals surface area contributed by atoms with E-state index in [4.69, 9.17) is 0 Å². The Balaban J connectivity index is 1.48. The van der Waals surface area contributed by atoms with Crippen molar-refractivity contribution in [2.24, 2.45) is 41.4 Å². The van der Waals surface area contributed by atoms with Crippen molar-refractivity contribution in [1.29, 1.82) is 0 Å². The fourth-order valence-electron chi connectivity index (χ4n) is 5.00. The van der Waals surface area contributed by atoms with Crippen LogP contribution in [-0.4, -0.2) is 23.3 Å². The molecule has 0 aromatic heterocycles. The number of carbonyl (C=O) groups is 2. The Morgan fingerprint density at radius 2 is 1.36 bits per heavy atom. The summed E-state index contributed by atoms with van der Waals surface area (Å²) in [5.74, 6) is 2.31. The van der Waals surface area contributed by atoms with Crippen molar-refractivity contribution >= 4 is 11.8 Å². The van der Waals surface area contributed by atoms with Crippen molar-refractivity contribution in [2.45, 2.75) is 33.1 Å². The number of nitrogens with zero attached hydrogens (tertiary/aromatic N) is 1. The summed E-state index contributed by atoms with van der Waals surface area (Å²) in [4.78, 5) is 27.2. The van der Waals surface area contributed by atoms with Crippen molar-refractivity contribution in [3.05, 3.63) is 24.3 Å². The summed E-state index contributed by atoms with van der Waals surface area (Å²) in [5, 5.41) is 0. The first-order valence-corrected chi connectivity index (χ1v) is 8.81. The Morgan fingerprint density at radius 3 is 1.82 bits per heavy atom. The second-order valence-electron chi connectivity index (χ2n) is 7.85. The number of likely N-dealkylation sites (tertiary alicyclic amines) is 1. The van der Waals surface area contributed by atoms with E-state index in [1.807, 2.05) is 0 Å². The number of amides is 2. The summed E-state index contributed by atoms with van der Waals surface area (Å²) in [6, 6.07) is 0. The highest BCUT2D eigenvalue weighted by molar-refractivity contribution is 6.06. The van der Waals surface area contributed by atoms with Crippen LogP contribution < -0.4 is 0 Å². The summed E-state index contributed by atoms with van der Waals surface area (Å²) < 4.78 is 0. The van der Waals surface area contributed by atoms with E-state index in [9.17, 15) is 9.59 Å². The molecule has 6 unspecified atom stereocenters. The second-order valence-corrected chi connectivity index (χ2v) is 7.85. The molecule has 118 valence electrons. The highest BCUT2D eigenvalue weighted by Crippen LogP contribution is 2.58. The van der Waals surface area contributed by atoms with Crippen molar-refractivity contribution in [3.8, 4) is 0 Å². The van der Waals surface area contributed by atoms with Crippen molar-refractivity contribution in [1.82, 2.24) is 4.90 Å². The number of allylic oxidation sites excluding steroid dienone is 4. The van der Waals surface area contributed by atoms with Crippen LogP contribution >= 0.6 is 0 Å². The Labute approximate surface area is 132 Å². The smallest absolute Gasteiger partial charge is 0.233 e. The molecule has 5 rings (SSSR count). The molecule has 2 bridgehead atoms. The molecule has 4 aliphatic carbocycles. The number of carbonyl (C=O) groups excluding carboxylic acids is 2. The lowest BCUT2D eigenvalue weighted by atomic mass is 9.50. The predicted molar refractivity (Wildman–Crippen MR) is 84.6 cm³/mol. The van der Waals surface area contributed by atoms with E-state index in [1.165, 1.54) is 6.42 Å². The molecular weight excluding hydrogens is 274 g/mol. The number of hydrogen-bond acceptors (Lipinski definition) is 2. The van der Waals surface area contributed by atoms with Gasteiger partial charge in [-0.2, -0.15) is 0 Å². The average Bonchev–Trinajstić information content (AvgIpc) is 2.69. The van der Waals surface area contributed by atoms with Crippen LogP contribution in [0.4, 0.5) is 0 Å². The SMILES string of the molecule is CC(C)CCCCN1C(=O)C2C3C=CC(C4C=CC43)C2C1=O. The van der Waals surface area contributed by atoms with Crippen LogP contribution in [0.25, 0.3) is 0 Å². The molecule has 6 atom stereocenters. The molecule has 0 radical (unpaired) electrons.